The molecule has 1 aromatic heterocycles. The number of aromatic carboxylic acids is 1. The molecule has 21 heavy (non-hydrogen) atoms. The van der Waals surface area contributed by atoms with Gasteiger partial charge in [0.15, 0.2) is 0 Å². The second-order valence-electron chi connectivity index (χ2n) is 4.28. The van der Waals surface area contributed by atoms with Crippen LogP contribution in [0.15, 0.2) is 28.4 Å². The number of carbonyl (C=O) groups excluding carboxylic acids is 1. The highest BCUT2D eigenvalue weighted by Gasteiger charge is 2.12. The highest BCUT2D eigenvalue weighted by atomic mass is 35.5. The molecule has 1 amide bonds. The summed E-state index contributed by atoms with van der Waals surface area (Å²) in [6, 6.07) is 4.10. The van der Waals surface area contributed by atoms with Crippen LogP contribution < -0.4 is 10.2 Å². The van der Waals surface area contributed by atoms with Gasteiger partial charge in [-0.2, -0.15) is 0 Å². The average Bonchev–Trinajstić information content (AvgIpc) is 2.70. The predicted molar refractivity (Wildman–Crippen MR) is 80.4 cm³/mol. The molecule has 1 aromatic carbocycles. The number of hydrogen-bond donors (Lipinski definition) is 2. The molecule has 110 valence electrons. The Kier molecular flexibility index (Phi) is 4.44. The molecule has 0 fully saturated rings. The minimum absolute atomic E-state index is 0.0316. The van der Waals surface area contributed by atoms with E-state index < -0.39 is 11.9 Å². The molecular weight excluding hydrogens is 316 g/mol. The third-order valence-electron chi connectivity index (χ3n) is 2.76. The van der Waals surface area contributed by atoms with Crippen molar-refractivity contribution in [3.8, 4) is 0 Å². The lowest BCUT2D eigenvalue weighted by Gasteiger charge is -2.08. The van der Waals surface area contributed by atoms with Gasteiger partial charge in [-0.1, -0.05) is 22.9 Å². The topological polar surface area (TPSA) is 88.4 Å². The molecule has 0 aliphatic carbocycles. The van der Waals surface area contributed by atoms with Crippen LogP contribution in [0.1, 0.15) is 16.1 Å². The molecule has 2 aromatic rings. The first kappa shape index (κ1) is 15.3. The van der Waals surface area contributed by atoms with Crippen LogP contribution in [0.5, 0.6) is 0 Å². The molecule has 0 spiro atoms. The second-order valence-corrected chi connectivity index (χ2v) is 5.50. The lowest BCUT2D eigenvalue weighted by Crippen LogP contribution is -2.25. The Balaban J connectivity index is 2.12. The van der Waals surface area contributed by atoms with Crippen molar-refractivity contribution < 1.29 is 14.7 Å². The number of halogens is 1. The van der Waals surface area contributed by atoms with Crippen LogP contribution in [0.25, 0.3) is 0 Å². The highest BCUT2D eigenvalue weighted by molar-refractivity contribution is 7.07. The number of hydrogen-bond acceptors (Lipinski definition) is 4. The van der Waals surface area contributed by atoms with Gasteiger partial charge in [0.2, 0.25) is 5.91 Å². The van der Waals surface area contributed by atoms with E-state index in [4.69, 9.17) is 16.7 Å². The molecule has 8 heteroatoms. The minimum Gasteiger partial charge on any atom is -0.478 e. The fourth-order valence-corrected chi connectivity index (χ4v) is 2.70. The van der Waals surface area contributed by atoms with E-state index in [1.165, 1.54) is 22.8 Å². The number of aromatic nitrogens is 1. The van der Waals surface area contributed by atoms with Gasteiger partial charge in [0, 0.05) is 16.8 Å². The zero-order valence-corrected chi connectivity index (χ0v) is 12.5. The zero-order valence-electron chi connectivity index (χ0n) is 10.9. The van der Waals surface area contributed by atoms with E-state index >= 15 is 0 Å². The van der Waals surface area contributed by atoms with Gasteiger partial charge < -0.3 is 10.4 Å². The quantitative estimate of drug-likeness (QED) is 0.901. The molecule has 0 saturated carbocycles. The lowest BCUT2D eigenvalue weighted by molar-refractivity contribution is -0.116. The Morgan fingerprint density at radius 3 is 2.67 bits per heavy atom. The molecule has 1 heterocycles. The van der Waals surface area contributed by atoms with Crippen molar-refractivity contribution in [3.05, 3.63) is 49.5 Å². The molecule has 6 nitrogen and oxygen atoms in total. The van der Waals surface area contributed by atoms with Crippen LogP contribution in [0.2, 0.25) is 5.02 Å². The van der Waals surface area contributed by atoms with Gasteiger partial charge >= 0.3 is 10.8 Å². The van der Waals surface area contributed by atoms with Crippen molar-refractivity contribution in [1.82, 2.24) is 4.57 Å². The number of nitrogens with zero attached hydrogens (tertiary/aromatic N) is 1. The van der Waals surface area contributed by atoms with Crippen molar-refractivity contribution in [2.45, 2.75) is 13.5 Å². The van der Waals surface area contributed by atoms with Gasteiger partial charge in [0.25, 0.3) is 0 Å². The molecule has 0 bridgehead atoms. The van der Waals surface area contributed by atoms with Crippen molar-refractivity contribution in [2.75, 3.05) is 5.32 Å². The van der Waals surface area contributed by atoms with Crippen molar-refractivity contribution in [3.63, 3.8) is 0 Å². The van der Waals surface area contributed by atoms with Gasteiger partial charge in [-0.15, -0.1) is 0 Å². The number of rotatable bonds is 4. The first-order chi connectivity index (χ1) is 9.88. The fourth-order valence-electron chi connectivity index (χ4n) is 1.71. The summed E-state index contributed by atoms with van der Waals surface area (Å²) >= 11 is 6.84. The van der Waals surface area contributed by atoms with E-state index in [9.17, 15) is 14.4 Å². The number of carbonyl (C=O) groups is 2. The summed E-state index contributed by atoms with van der Waals surface area (Å²) in [7, 11) is 0. The Morgan fingerprint density at radius 2 is 2.14 bits per heavy atom. The SMILES string of the molecule is Cc1csc(=O)n1CC(=O)Nc1ccc(C(=O)O)c(Cl)c1. The number of carboxylic acid groups (broad SMARTS) is 1. The molecular formula is C13H11ClN2O4S. The van der Waals surface area contributed by atoms with Crippen LogP contribution in [0.4, 0.5) is 5.69 Å². The van der Waals surface area contributed by atoms with E-state index in [0.29, 0.717) is 11.4 Å². The van der Waals surface area contributed by atoms with Gasteiger partial charge in [0.05, 0.1) is 10.6 Å². The zero-order chi connectivity index (χ0) is 15.6. The summed E-state index contributed by atoms with van der Waals surface area (Å²) in [5.74, 6) is -1.53. The number of thiazole rings is 1. The molecule has 0 atom stereocenters. The minimum atomic E-state index is -1.14. The summed E-state index contributed by atoms with van der Waals surface area (Å²) in [6.45, 7) is 1.64. The first-order valence-electron chi connectivity index (χ1n) is 5.86. The van der Waals surface area contributed by atoms with Crippen LogP contribution in [-0.4, -0.2) is 21.6 Å². The third-order valence-corrected chi connectivity index (χ3v) is 3.96. The average molecular weight is 327 g/mol. The van der Waals surface area contributed by atoms with Gasteiger partial charge in [0.1, 0.15) is 6.54 Å². The van der Waals surface area contributed by atoms with Crippen LogP contribution in [0.3, 0.4) is 0 Å². The summed E-state index contributed by atoms with van der Waals surface area (Å²) in [5.41, 5.74) is 1.04. The first-order valence-corrected chi connectivity index (χ1v) is 7.12. The number of aryl methyl sites for hydroxylation is 1. The third kappa shape index (κ3) is 3.50. The van der Waals surface area contributed by atoms with Crippen LogP contribution >= 0.6 is 22.9 Å². The summed E-state index contributed by atoms with van der Waals surface area (Å²) < 4.78 is 1.35. The normalized spacial score (nSPS) is 10.4. The van der Waals surface area contributed by atoms with Crippen LogP contribution in [0, 0.1) is 6.92 Å². The number of amides is 1. The maximum atomic E-state index is 11.9. The number of anilines is 1. The molecule has 0 aliphatic heterocycles. The van der Waals surface area contributed by atoms with Gasteiger partial charge in [-0.05, 0) is 25.1 Å². The fraction of sp³-hybridized carbons (Fsp3) is 0.154. The molecule has 0 aliphatic rings. The smallest absolute Gasteiger partial charge is 0.337 e. The molecule has 2 N–H and O–H groups in total. The summed E-state index contributed by atoms with van der Waals surface area (Å²) in [5, 5.41) is 13.1. The van der Waals surface area contributed by atoms with E-state index in [-0.39, 0.29) is 22.0 Å². The lowest BCUT2D eigenvalue weighted by atomic mass is 10.2. The summed E-state index contributed by atoms with van der Waals surface area (Å²) in [6.07, 6.45) is 0. The number of nitrogens with one attached hydrogen (secondary N) is 1. The van der Waals surface area contributed by atoms with Crippen molar-refractivity contribution >= 4 is 40.5 Å². The van der Waals surface area contributed by atoms with Gasteiger partial charge in [-0.3, -0.25) is 14.2 Å². The van der Waals surface area contributed by atoms with E-state index in [1.54, 1.807) is 12.3 Å². The molecule has 0 saturated heterocycles. The molecule has 2 rings (SSSR count). The van der Waals surface area contributed by atoms with E-state index in [0.717, 1.165) is 11.3 Å². The van der Waals surface area contributed by atoms with E-state index in [2.05, 4.69) is 5.32 Å². The predicted octanol–water partition coefficient (Wildman–Crippen LogP) is 2.21. The Hall–Kier alpha value is -2.12. The summed E-state index contributed by atoms with van der Waals surface area (Å²) in [4.78, 5) is 34.0. The second kappa shape index (κ2) is 6.11. The highest BCUT2D eigenvalue weighted by Crippen LogP contribution is 2.21. The number of benzene rings is 1. The monoisotopic (exact) mass is 326 g/mol. The van der Waals surface area contributed by atoms with Crippen LogP contribution in [-0.2, 0) is 11.3 Å². The van der Waals surface area contributed by atoms with Crippen molar-refractivity contribution in [2.24, 2.45) is 0 Å². The van der Waals surface area contributed by atoms with Crippen molar-refractivity contribution in [1.29, 1.82) is 0 Å². The van der Waals surface area contributed by atoms with Gasteiger partial charge in [-0.25, -0.2) is 4.79 Å². The standard InChI is InChI=1S/C13H11ClN2O4S/c1-7-6-21-13(20)16(7)5-11(17)15-8-2-3-9(12(18)19)10(14)4-8/h2-4,6H,5H2,1H3,(H,15,17)(H,18,19). The molecule has 0 radical (unpaired) electrons. The Bertz CT molecular complexity index is 766. The maximum Gasteiger partial charge on any atom is 0.337 e. The van der Waals surface area contributed by atoms with E-state index in [1.807, 2.05) is 0 Å². The Labute approximate surface area is 128 Å². The number of carboxylic acids is 1. The maximum absolute atomic E-state index is 11.9. The molecule has 0 unspecified atom stereocenters. The largest absolute Gasteiger partial charge is 0.478 e. The Morgan fingerprint density at radius 1 is 1.43 bits per heavy atom.